The molecule has 8 rings (SSSR count). The van der Waals surface area contributed by atoms with E-state index in [1.54, 1.807) is 59.6 Å². The summed E-state index contributed by atoms with van der Waals surface area (Å²) in [6.45, 7) is 1.61. The molecule has 0 saturated heterocycles. The zero-order chi connectivity index (χ0) is 33.3. The van der Waals surface area contributed by atoms with Crippen LogP contribution in [0, 0.1) is 41.4 Å². The summed E-state index contributed by atoms with van der Waals surface area (Å²) in [7, 11) is 6.57. The fraction of sp³-hybridized carbons (Fsp3) is 0.657. The van der Waals surface area contributed by atoms with Crippen molar-refractivity contribution in [3.8, 4) is 17.4 Å². The van der Waals surface area contributed by atoms with Crippen molar-refractivity contribution in [2.75, 3.05) is 35.0 Å². The quantitative estimate of drug-likeness (QED) is 0.312. The summed E-state index contributed by atoms with van der Waals surface area (Å²) in [5.41, 5.74) is -4.05. The van der Waals surface area contributed by atoms with Gasteiger partial charge in [-0.2, -0.15) is 0 Å². The highest BCUT2D eigenvalue weighted by Gasteiger charge is 2.90. The van der Waals surface area contributed by atoms with Gasteiger partial charge in [-0.05, 0) is 44.2 Å². The number of nitrogens with zero attached hydrogens (tertiary/aromatic N) is 2. The van der Waals surface area contributed by atoms with E-state index in [1.165, 1.54) is 10.6 Å². The molecule has 1 aliphatic heterocycles. The topological polar surface area (TPSA) is 161 Å². The summed E-state index contributed by atoms with van der Waals surface area (Å²) in [5.74, 6) is -1.91. The van der Waals surface area contributed by atoms with Gasteiger partial charge in [-0.3, -0.25) is 9.56 Å². The standard InChI is InChI=1S/C35H44N2O10/c1-17-12-24(38)37(29(17)39)21-9-7-6-8-18(21)30(40)47-16-32-11-10-23(44-3)34-20-13-19-22(43-2)14-33(41,25(20)26(19)45-4)35(42,31(34)36-15-32)28(46-5)27(32)34/h6-9,12,15,19-20,22-23,25-28,31,38-39,41-42H,10-11,13-14,16H2,1-5H3/t19?,20?,22?,23?,25?,26?,27?,28?,31-,32?,33?,34?,35?/m1/s1. The maximum atomic E-state index is 13.9. The molecule has 1 spiro atoms. The average molecular weight is 653 g/mol. The molecule has 0 amide bonds. The number of esters is 1. The van der Waals surface area contributed by atoms with E-state index in [-0.39, 0.29) is 66.2 Å². The first kappa shape index (κ1) is 31.3. The Labute approximate surface area is 273 Å². The minimum atomic E-state index is -1.78. The largest absolute Gasteiger partial charge is 0.494 e. The second-order valence-electron chi connectivity index (χ2n) is 14.7. The number of aromatic hydroxyl groups is 2. The van der Waals surface area contributed by atoms with E-state index in [9.17, 15) is 25.2 Å². The van der Waals surface area contributed by atoms with E-state index in [4.69, 9.17) is 28.7 Å². The molecular formula is C35H44N2O10. The van der Waals surface area contributed by atoms with E-state index in [0.29, 0.717) is 24.8 Å². The third-order valence-electron chi connectivity index (χ3n) is 13.4. The number of aliphatic imine (C=N–C) groups is 1. The van der Waals surface area contributed by atoms with Crippen LogP contribution >= 0.6 is 0 Å². The van der Waals surface area contributed by atoms with Crippen molar-refractivity contribution in [2.24, 2.45) is 39.5 Å². The van der Waals surface area contributed by atoms with Crippen molar-refractivity contribution < 1.29 is 48.9 Å². The Balaban J connectivity index is 1.22. The highest BCUT2D eigenvalue weighted by atomic mass is 16.5. The van der Waals surface area contributed by atoms with Crippen LogP contribution in [0.15, 0.2) is 35.3 Å². The van der Waals surface area contributed by atoms with Gasteiger partial charge in [0.1, 0.15) is 17.8 Å². The molecule has 1 aromatic carbocycles. The third-order valence-corrected chi connectivity index (χ3v) is 13.4. The summed E-state index contributed by atoms with van der Waals surface area (Å²) >= 11 is 0. The van der Waals surface area contributed by atoms with E-state index in [0.717, 1.165) is 0 Å². The smallest absolute Gasteiger partial charge is 0.340 e. The van der Waals surface area contributed by atoms with E-state index in [2.05, 4.69) is 0 Å². The first-order chi connectivity index (χ1) is 22.5. The van der Waals surface area contributed by atoms with Crippen LogP contribution in [0.3, 0.4) is 0 Å². The molecule has 2 aromatic rings. The summed E-state index contributed by atoms with van der Waals surface area (Å²) in [6.07, 6.45) is 2.20. The molecule has 5 aliphatic carbocycles. The molecule has 4 N–H and O–H groups in total. The van der Waals surface area contributed by atoms with Crippen molar-refractivity contribution in [1.82, 2.24) is 4.57 Å². The van der Waals surface area contributed by atoms with Crippen LogP contribution in [0.1, 0.15) is 41.6 Å². The lowest BCUT2D eigenvalue weighted by atomic mass is 9.44. The van der Waals surface area contributed by atoms with Crippen molar-refractivity contribution in [2.45, 2.75) is 74.3 Å². The molecule has 0 radical (unpaired) electrons. The number of carbonyl (C=O) groups excluding carboxylic acids is 1. The maximum absolute atomic E-state index is 13.9. The zero-order valence-electron chi connectivity index (χ0n) is 27.3. The summed E-state index contributed by atoms with van der Waals surface area (Å²) in [5, 5.41) is 47.2. The van der Waals surface area contributed by atoms with Crippen molar-refractivity contribution >= 4 is 12.2 Å². The molecule has 47 heavy (non-hydrogen) atoms. The number of hydrogen-bond acceptors (Lipinski definition) is 11. The Morgan fingerprint density at radius 1 is 1.06 bits per heavy atom. The van der Waals surface area contributed by atoms with E-state index in [1.807, 2.05) is 6.21 Å². The first-order valence-electron chi connectivity index (χ1n) is 16.5. The number of hydrogen-bond donors (Lipinski definition) is 4. The Kier molecular flexibility index (Phi) is 6.83. The summed E-state index contributed by atoms with van der Waals surface area (Å²) in [4.78, 5) is 19.0. The minimum absolute atomic E-state index is 0.0246. The van der Waals surface area contributed by atoms with Crippen LogP contribution < -0.4 is 0 Å². The number of methoxy groups -OCH3 is 4. The molecule has 7 bridgehead atoms. The van der Waals surface area contributed by atoms with Gasteiger partial charge in [-0.25, -0.2) is 4.79 Å². The Hall–Kier alpha value is -3.00. The predicted molar refractivity (Wildman–Crippen MR) is 167 cm³/mol. The fourth-order valence-electron chi connectivity index (χ4n) is 11.9. The first-order valence-corrected chi connectivity index (χ1v) is 16.5. The van der Waals surface area contributed by atoms with Gasteiger partial charge >= 0.3 is 5.97 Å². The normalized spacial score (nSPS) is 45.3. The molecular weight excluding hydrogens is 608 g/mol. The lowest BCUT2D eigenvalue weighted by Gasteiger charge is -2.65. The summed E-state index contributed by atoms with van der Waals surface area (Å²) in [6, 6.07) is 7.34. The van der Waals surface area contributed by atoms with Gasteiger partial charge in [-0.1, -0.05) is 12.1 Å². The van der Waals surface area contributed by atoms with Gasteiger partial charge in [-0.15, -0.1) is 0 Å². The minimum Gasteiger partial charge on any atom is -0.494 e. The zero-order valence-corrected chi connectivity index (χ0v) is 27.3. The highest BCUT2D eigenvalue weighted by Crippen LogP contribution is 2.79. The predicted octanol–water partition coefficient (Wildman–Crippen LogP) is 2.39. The van der Waals surface area contributed by atoms with Crippen molar-refractivity contribution in [3.63, 3.8) is 0 Å². The van der Waals surface area contributed by atoms with Gasteiger partial charge in [0.05, 0.1) is 41.7 Å². The molecule has 12 heteroatoms. The molecule has 2 heterocycles. The molecule has 13 atom stereocenters. The number of rotatable bonds is 8. The number of fused-ring (bicyclic) bond motifs is 2. The second kappa shape index (κ2) is 10.3. The average Bonchev–Trinajstić information content (AvgIpc) is 3.58. The van der Waals surface area contributed by atoms with Crippen LogP contribution in [-0.4, -0.2) is 114 Å². The number of aryl methyl sites for hydroxylation is 1. The highest BCUT2D eigenvalue weighted by molar-refractivity contribution is 5.94. The molecule has 6 aliphatic rings. The Morgan fingerprint density at radius 3 is 2.49 bits per heavy atom. The number of aromatic nitrogens is 1. The fourth-order valence-corrected chi connectivity index (χ4v) is 11.9. The molecule has 12 unspecified atom stereocenters. The number of para-hydroxylation sites is 1. The lowest BCUT2D eigenvalue weighted by molar-refractivity contribution is -0.293. The number of aliphatic hydroxyl groups is 2. The van der Waals surface area contributed by atoms with Crippen LogP contribution in [0.4, 0.5) is 0 Å². The van der Waals surface area contributed by atoms with Gasteiger partial charge in [0.15, 0.2) is 5.88 Å². The lowest BCUT2D eigenvalue weighted by Crippen LogP contribution is -2.77. The Morgan fingerprint density at radius 2 is 1.83 bits per heavy atom. The van der Waals surface area contributed by atoms with Crippen LogP contribution in [0.2, 0.25) is 0 Å². The van der Waals surface area contributed by atoms with Gasteiger partial charge in [0, 0.05) is 81.3 Å². The van der Waals surface area contributed by atoms with Gasteiger partial charge < -0.3 is 44.1 Å². The maximum Gasteiger partial charge on any atom is 0.340 e. The van der Waals surface area contributed by atoms with Gasteiger partial charge in [0.25, 0.3) is 0 Å². The summed E-state index contributed by atoms with van der Waals surface area (Å²) < 4.78 is 32.0. The SMILES string of the molecule is COC1CC2(O)C3C(OC)C1CC3C13C(OC)CCC4(COC(=O)c5ccccc5-n5c(O)cc(C)c5O)C=N[C@H]1C2(O)C(OC)C43. The molecule has 12 nitrogen and oxygen atoms in total. The van der Waals surface area contributed by atoms with E-state index >= 15 is 0 Å². The monoisotopic (exact) mass is 652 g/mol. The third kappa shape index (κ3) is 3.49. The molecule has 5 saturated carbocycles. The molecule has 254 valence electrons. The Bertz CT molecular complexity index is 1640. The molecule has 1 aromatic heterocycles. The van der Waals surface area contributed by atoms with Crippen molar-refractivity contribution in [3.05, 3.63) is 41.5 Å². The van der Waals surface area contributed by atoms with Crippen LogP contribution in [0.25, 0.3) is 5.69 Å². The van der Waals surface area contributed by atoms with Crippen molar-refractivity contribution in [1.29, 1.82) is 0 Å². The van der Waals surface area contributed by atoms with E-state index < -0.39 is 52.0 Å². The number of carbonyl (C=O) groups is 1. The van der Waals surface area contributed by atoms with Crippen LogP contribution in [0.5, 0.6) is 11.8 Å². The second-order valence-corrected chi connectivity index (χ2v) is 14.7. The number of ether oxygens (including phenoxy) is 5. The molecule has 5 fully saturated rings. The van der Waals surface area contributed by atoms with Crippen LogP contribution in [-0.2, 0) is 23.7 Å². The van der Waals surface area contributed by atoms with Gasteiger partial charge in [0.2, 0.25) is 5.88 Å². The number of benzene rings is 1.